The third-order valence-electron chi connectivity index (χ3n) is 3.00. The van der Waals surface area contributed by atoms with Crippen molar-refractivity contribution in [3.05, 3.63) is 65.2 Å². The highest BCUT2D eigenvalue weighted by Crippen LogP contribution is 2.15. The minimum atomic E-state index is -0.0844. The molecule has 3 aromatic rings. The summed E-state index contributed by atoms with van der Waals surface area (Å²) in [5.74, 6) is 0.706. The van der Waals surface area contributed by atoms with Gasteiger partial charge in [0.05, 0.1) is 23.7 Å². The van der Waals surface area contributed by atoms with Crippen LogP contribution in [0.4, 0.5) is 0 Å². The Hall–Kier alpha value is -2.62. The molecule has 0 saturated heterocycles. The lowest BCUT2D eigenvalue weighted by molar-refractivity contribution is 0.414. The first-order chi connectivity index (χ1) is 9.29. The van der Waals surface area contributed by atoms with E-state index in [9.17, 15) is 4.79 Å². The molecule has 0 fully saturated rings. The van der Waals surface area contributed by atoms with Gasteiger partial charge in [0.1, 0.15) is 12.1 Å². The van der Waals surface area contributed by atoms with Crippen LogP contribution < -0.4 is 10.3 Å². The van der Waals surface area contributed by atoms with Gasteiger partial charge in [-0.2, -0.15) is 0 Å². The van der Waals surface area contributed by atoms with Gasteiger partial charge in [-0.15, -0.1) is 0 Å². The van der Waals surface area contributed by atoms with Crippen LogP contribution in [0.5, 0.6) is 5.75 Å². The molecule has 4 nitrogen and oxygen atoms in total. The van der Waals surface area contributed by atoms with Crippen LogP contribution in [0.3, 0.4) is 0 Å². The molecule has 0 amide bonds. The number of fused-ring (bicyclic) bond motifs is 1. The Morgan fingerprint density at radius 1 is 1.11 bits per heavy atom. The molecule has 1 heterocycles. The average Bonchev–Trinajstić information content (AvgIpc) is 2.48. The van der Waals surface area contributed by atoms with Gasteiger partial charge in [0.2, 0.25) is 0 Å². The van der Waals surface area contributed by atoms with Gasteiger partial charge in [0.25, 0.3) is 5.56 Å². The van der Waals surface area contributed by atoms with Crippen molar-refractivity contribution >= 4 is 10.9 Å². The predicted molar refractivity (Wildman–Crippen MR) is 73.9 cm³/mol. The Morgan fingerprint density at radius 3 is 2.79 bits per heavy atom. The first-order valence-corrected chi connectivity index (χ1v) is 5.90. The predicted octanol–water partition coefficient (Wildman–Crippen LogP) is 2.39. The summed E-state index contributed by atoms with van der Waals surface area (Å²) in [5.41, 5.74) is 1.35. The minimum absolute atomic E-state index is 0.0844. The molecule has 0 radical (unpaired) electrons. The third-order valence-corrected chi connectivity index (χ3v) is 3.00. The Kier molecular flexibility index (Phi) is 2.76. The molecule has 0 unspecified atom stereocenters. The van der Waals surface area contributed by atoms with Crippen molar-refractivity contribution < 1.29 is 4.74 Å². The summed E-state index contributed by atoms with van der Waals surface area (Å²) in [4.78, 5) is 16.7. The van der Waals surface area contributed by atoms with E-state index in [1.54, 1.807) is 25.6 Å². The lowest BCUT2D eigenvalue weighted by Crippen LogP contribution is -2.18. The Bertz CT molecular complexity index is 793. The van der Waals surface area contributed by atoms with Gasteiger partial charge in [-0.05, 0) is 24.3 Å². The van der Waals surface area contributed by atoms with Crippen molar-refractivity contribution in [1.29, 1.82) is 0 Å². The van der Waals surface area contributed by atoms with Crippen molar-refractivity contribution in [3.8, 4) is 11.4 Å². The van der Waals surface area contributed by atoms with Gasteiger partial charge in [-0.3, -0.25) is 9.36 Å². The lowest BCUT2D eigenvalue weighted by Gasteiger charge is -2.08. The Morgan fingerprint density at radius 2 is 1.95 bits per heavy atom. The first kappa shape index (κ1) is 11.5. The molecule has 3 rings (SSSR count). The number of hydrogen-bond acceptors (Lipinski definition) is 3. The second kappa shape index (κ2) is 4.57. The van der Waals surface area contributed by atoms with Gasteiger partial charge >= 0.3 is 0 Å². The molecule has 0 bridgehead atoms. The summed E-state index contributed by atoms with van der Waals surface area (Å²) in [5, 5.41) is 0.604. The highest BCUT2D eigenvalue weighted by molar-refractivity contribution is 5.77. The molecule has 4 heteroatoms. The number of ether oxygens (including phenoxy) is 1. The fourth-order valence-corrected chi connectivity index (χ4v) is 2.01. The maximum atomic E-state index is 12.4. The van der Waals surface area contributed by atoms with E-state index in [1.807, 2.05) is 36.4 Å². The van der Waals surface area contributed by atoms with Gasteiger partial charge in [0, 0.05) is 6.07 Å². The highest BCUT2D eigenvalue weighted by atomic mass is 16.5. The summed E-state index contributed by atoms with van der Waals surface area (Å²) in [6.45, 7) is 0. The van der Waals surface area contributed by atoms with Crippen molar-refractivity contribution in [2.24, 2.45) is 0 Å². The van der Waals surface area contributed by atoms with E-state index in [0.29, 0.717) is 16.7 Å². The van der Waals surface area contributed by atoms with Gasteiger partial charge in [-0.1, -0.05) is 18.2 Å². The van der Waals surface area contributed by atoms with Crippen LogP contribution in [0, 0.1) is 0 Å². The van der Waals surface area contributed by atoms with Gasteiger partial charge in [0.15, 0.2) is 0 Å². The summed E-state index contributed by atoms with van der Waals surface area (Å²) in [6.07, 6.45) is 1.54. The van der Waals surface area contributed by atoms with E-state index in [-0.39, 0.29) is 5.56 Å². The largest absolute Gasteiger partial charge is 0.497 e. The second-order valence-corrected chi connectivity index (χ2v) is 4.14. The maximum absolute atomic E-state index is 12.4. The summed E-state index contributed by atoms with van der Waals surface area (Å²) >= 11 is 0. The van der Waals surface area contributed by atoms with Crippen LogP contribution in [0.15, 0.2) is 59.7 Å². The van der Waals surface area contributed by atoms with Crippen molar-refractivity contribution in [1.82, 2.24) is 9.55 Å². The fourth-order valence-electron chi connectivity index (χ4n) is 2.01. The van der Waals surface area contributed by atoms with Crippen LogP contribution >= 0.6 is 0 Å². The zero-order valence-corrected chi connectivity index (χ0v) is 10.4. The van der Waals surface area contributed by atoms with Crippen LogP contribution in [0.25, 0.3) is 16.6 Å². The van der Waals surface area contributed by atoms with E-state index < -0.39 is 0 Å². The molecule has 0 atom stereocenters. The number of nitrogens with zero attached hydrogens (tertiary/aromatic N) is 2. The molecule has 0 N–H and O–H groups in total. The SMILES string of the molecule is COc1cccc(-n2cnc3ccccc3c2=O)c1. The Balaban J connectivity index is 2.25. The second-order valence-electron chi connectivity index (χ2n) is 4.14. The number of para-hydroxylation sites is 1. The molecule has 0 aliphatic carbocycles. The quantitative estimate of drug-likeness (QED) is 0.703. The zero-order chi connectivity index (χ0) is 13.2. The molecule has 0 spiro atoms. The van der Waals surface area contributed by atoms with Crippen molar-refractivity contribution in [2.45, 2.75) is 0 Å². The number of benzene rings is 2. The van der Waals surface area contributed by atoms with Crippen molar-refractivity contribution in [3.63, 3.8) is 0 Å². The van der Waals surface area contributed by atoms with E-state index in [2.05, 4.69) is 4.98 Å². The van der Waals surface area contributed by atoms with E-state index in [1.165, 1.54) is 4.57 Å². The first-order valence-electron chi connectivity index (χ1n) is 5.90. The zero-order valence-electron chi connectivity index (χ0n) is 10.4. The van der Waals surface area contributed by atoms with Gasteiger partial charge < -0.3 is 4.74 Å². The fraction of sp³-hybridized carbons (Fsp3) is 0.0667. The summed E-state index contributed by atoms with van der Waals surface area (Å²) < 4.78 is 6.69. The molecule has 1 aromatic heterocycles. The maximum Gasteiger partial charge on any atom is 0.265 e. The topological polar surface area (TPSA) is 44.1 Å². The molecule has 2 aromatic carbocycles. The third kappa shape index (κ3) is 1.97. The summed E-state index contributed by atoms with van der Waals surface area (Å²) in [6, 6.07) is 14.6. The highest BCUT2D eigenvalue weighted by Gasteiger charge is 2.05. The molecule has 94 valence electrons. The van der Waals surface area contributed by atoms with E-state index in [4.69, 9.17) is 4.74 Å². The number of hydrogen-bond donors (Lipinski definition) is 0. The monoisotopic (exact) mass is 252 g/mol. The molecular weight excluding hydrogens is 240 g/mol. The molecular formula is C15H12N2O2. The number of methoxy groups -OCH3 is 1. The number of rotatable bonds is 2. The lowest BCUT2D eigenvalue weighted by atomic mass is 10.2. The standard InChI is InChI=1S/C15H12N2O2/c1-19-12-6-4-5-11(9-12)17-10-16-14-8-3-2-7-13(14)15(17)18/h2-10H,1H3. The molecule has 0 aliphatic heterocycles. The van der Waals surface area contributed by atoms with E-state index in [0.717, 1.165) is 5.69 Å². The molecule has 0 aliphatic rings. The summed E-state index contributed by atoms with van der Waals surface area (Å²) in [7, 11) is 1.60. The van der Waals surface area contributed by atoms with Crippen molar-refractivity contribution in [2.75, 3.05) is 7.11 Å². The van der Waals surface area contributed by atoms with E-state index >= 15 is 0 Å². The van der Waals surface area contributed by atoms with Crippen LogP contribution in [-0.4, -0.2) is 16.7 Å². The van der Waals surface area contributed by atoms with Gasteiger partial charge in [-0.25, -0.2) is 4.98 Å². The Labute approximate surface area is 109 Å². The molecule has 19 heavy (non-hydrogen) atoms. The smallest absolute Gasteiger partial charge is 0.265 e. The minimum Gasteiger partial charge on any atom is -0.497 e. The molecule has 0 saturated carbocycles. The van der Waals surface area contributed by atoms with Crippen LogP contribution in [-0.2, 0) is 0 Å². The normalized spacial score (nSPS) is 10.6. The van der Waals surface area contributed by atoms with Crippen LogP contribution in [0.1, 0.15) is 0 Å². The van der Waals surface area contributed by atoms with Crippen LogP contribution in [0.2, 0.25) is 0 Å². The average molecular weight is 252 g/mol. The number of aromatic nitrogens is 2.